The smallest absolute Gasteiger partial charge is 0.251 e. The van der Waals surface area contributed by atoms with Crippen molar-refractivity contribution in [3.63, 3.8) is 0 Å². The van der Waals surface area contributed by atoms with Gasteiger partial charge in [-0.1, -0.05) is 26.2 Å². The second-order valence-corrected chi connectivity index (χ2v) is 12.2. The van der Waals surface area contributed by atoms with E-state index in [1.807, 2.05) is 6.92 Å². The minimum absolute atomic E-state index is 0.268. The third kappa shape index (κ3) is 13.8. The molecule has 2 atom stereocenters. The second kappa shape index (κ2) is 23.2. The van der Waals surface area contributed by atoms with Gasteiger partial charge >= 0.3 is 0 Å². The van der Waals surface area contributed by atoms with E-state index in [-0.39, 0.29) is 6.42 Å². The number of pyridine rings is 2. The zero-order valence-corrected chi connectivity index (χ0v) is 30.3. The van der Waals surface area contributed by atoms with E-state index in [2.05, 4.69) is 20.6 Å². The van der Waals surface area contributed by atoms with Gasteiger partial charge in [0.1, 0.15) is 13.2 Å². The van der Waals surface area contributed by atoms with Gasteiger partial charge in [-0.3, -0.25) is 29.1 Å². The number of carbonyl (C=O) groups excluding carboxylic acids is 4. The van der Waals surface area contributed by atoms with Crippen LogP contribution in [0.2, 0.25) is 0 Å². The van der Waals surface area contributed by atoms with Gasteiger partial charge in [-0.15, -0.1) is 0 Å². The summed E-state index contributed by atoms with van der Waals surface area (Å²) in [6.07, 6.45) is 9.98. The molecule has 2 amide bonds. The number of aromatic nitrogens is 2. The standard InChI is InChI=1S/C20H21F3N2O3.C19H20F3N3O3/c1-2-3-4-5-16(25-20(27)13-8-10-24-11-9-13)17(26)12-28-19-15(22)7-6-14(21)18(19)23;20-13-4-5-14(21)18(17(13)22)28-11-16(26)15(3-1-2-8-23)25-19(27)12-6-9-24-10-7-12/h6-11,16H,2-5,12H2,1H3,(H,25,27);4-7,9-10,15H,1-3,8,11,23H2,(H,25,27)/t16-;15-/m00/s1. The molecule has 2 heterocycles. The van der Waals surface area contributed by atoms with Crippen LogP contribution in [0.1, 0.15) is 72.6 Å². The lowest BCUT2D eigenvalue weighted by molar-refractivity contribution is -0.123. The number of nitrogens with one attached hydrogen (secondary N) is 2. The number of benzene rings is 2. The van der Waals surface area contributed by atoms with Crippen LogP contribution < -0.4 is 25.8 Å². The maximum Gasteiger partial charge on any atom is 0.251 e. The number of rotatable bonds is 20. The molecule has 0 bridgehead atoms. The molecule has 4 N–H and O–H groups in total. The Morgan fingerprint density at radius 2 is 0.964 bits per heavy atom. The molecule has 56 heavy (non-hydrogen) atoms. The molecule has 0 aliphatic heterocycles. The molecule has 4 aromatic rings. The van der Waals surface area contributed by atoms with Crippen LogP contribution in [0.5, 0.6) is 11.5 Å². The van der Waals surface area contributed by atoms with Crippen molar-refractivity contribution in [3.8, 4) is 11.5 Å². The van der Waals surface area contributed by atoms with Gasteiger partial charge in [-0.25, -0.2) is 17.6 Å². The fourth-order valence-corrected chi connectivity index (χ4v) is 4.98. The second-order valence-electron chi connectivity index (χ2n) is 12.2. The molecule has 2 aromatic heterocycles. The largest absolute Gasteiger partial charge is 0.480 e. The Morgan fingerprint density at radius 3 is 1.34 bits per heavy atom. The van der Waals surface area contributed by atoms with E-state index in [1.165, 1.54) is 49.1 Å². The van der Waals surface area contributed by atoms with Crippen molar-refractivity contribution in [1.82, 2.24) is 20.6 Å². The number of nitrogens with zero attached hydrogens (tertiary/aromatic N) is 2. The summed E-state index contributed by atoms with van der Waals surface area (Å²) in [5, 5.41) is 5.18. The number of ether oxygens (including phenoxy) is 2. The zero-order chi connectivity index (χ0) is 41.0. The number of hydrogen-bond donors (Lipinski definition) is 3. The summed E-state index contributed by atoms with van der Waals surface area (Å²) in [5.74, 6) is -11.9. The molecule has 0 radical (unpaired) electrons. The molecule has 0 aliphatic carbocycles. The molecule has 11 nitrogen and oxygen atoms in total. The molecule has 0 aliphatic rings. The highest BCUT2D eigenvalue weighted by atomic mass is 19.2. The Balaban J connectivity index is 0.000000300. The van der Waals surface area contributed by atoms with Gasteiger partial charge < -0.3 is 25.8 Å². The van der Waals surface area contributed by atoms with E-state index in [9.17, 15) is 45.5 Å². The summed E-state index contributed by atoms with van der Waals surface area (Å²) in [4.78, 5) is 57.2. The van der Waals surface area contributed by atoms with E-state index in [4.69, 9.17) is 15.2 Å². The number of halogens is 6. The molecule has 0 fully saturated rings. The lowest BCUT2D eigenvalue weighted by Gasteiger charge is -2.18. The number of carbonyl (C=O) groups is 4. The molecule has 2 aromatic carbocycles. The summed E-state index contributed by atoms with van der Waals surface area (Å²) in [6, 6.07) is 6.75. The molecular weight excluding hydrogens is 748 g/mol. The van der Waals surface area contributed by atoms with Crippen LogP contribution in [0.3, 0.4) is 0 Å². The van der Waals surface area contributed by atoms with E-state index in [0.29, 0.717) is 67.6 Å². The van der Waals surface area contributed by atoms with Crippen LogP contribution in [0.4, 0.5) is 26.3 Å². The minimum Gasteiger partial charge on any atom is -0.480 e. The lowest BCUT2D eigenvalue weighted by atomic mass is 10.0. The Labute approximate surface area is 319 Å². The van der Waals surface area contributed by atoms with Crippen molar-refractivity contribution in [2.75, 3.05) is 19.8 Å². The summed E-state index contributed by atoms with van der Waals surface area (Å²) < 4.78 is 90.8. The number of Topliss-reactive ketones (excluding diaryl/α,β-unsaturated/α-hetero) is 2. The van der Waals surface area contributed by atoms with Gasteiger partial charge in [0.25, 0.3) is 11.8 Å². The van der Waals surface area contributed by atoms with Crippen molar-refractivity contribution < 1.29 is 55.0 Å². The van der Waals surface area contributed by atoms with Crippen LogP contribution in [0.15, 0.2) is 73.3 Å². The first-order chi connectivity index (χ1) is 26.9. The highest BCUT2D eigenvalue weighted by Gasteiger charge is 2.25. The average Bonchev–Trinajstić information content (AvgIpc) is 3.20. The number of ketones is 2. The SMILES string of the molecule is CCCCC[C@H](NC(=O)c1ccncc1)C(=O)COc1c(F)ccc(F)c1F.NCCCC[C@H](NC(=O)c1ccncc1)C(=O)COc1c(F)ccc(F)c1F. The molecule has 0 saturated carbocycles. The van der Waals surface area contributed by atoms with Gasteiger partial charge in [-0.05, 0) is 80.8 Å². The molecule has 300 valence electrons. The van der Waals surface area contributed by atoms with E-state index in [0.717, 1.165) is 12.8 Å². The first-order valence-electron chi connectivity index (χ1n) is 17.6. The summed E-state index contributed by atoms with van der Waals surface area (Å²) in [7, 11) is 0. The summed E-state index contributed by atoms with van der Waals surface area (Å²) in [5.41, 5.74) is 6.07. The number of amides is 2. The molecule has 0 saturated heterocycles. The van der Waals surface area contributed by atoms with Gasteiger partial charge in [0.15, 0.2) is 46.3 Å². The Morgan fingerprint density at radius 1 is 0.589 bits per heavy atom. The van der Waals surface area contributed by atoms with E-state index in [1.54, 1.807) is 0 Å². The van der Waals surface area contributed by atoms with Crippen LogP contribution in [-0.2, 0) is 9.59 Å². The third-order valence-electron chi connectivity index (χ3n) is 8.04. The van der Waals surface area contributed by atoms with Crippen LogP contribution in [-0.4, -0.2) is 65.2 Å². The summed E-state index contributed by atoms with van der Waals surface area (Å²) >= 11 is 0. The molecule has 0 spiro atoms. The fraction of sp³-hybridized carbons (Fsp3) is 0.333. The maximum atomic E-state index is 13.7. The minimum atomic E-state index is -1.52. The van der Waals surface area contributed by atoms with Gasteiger partial charge in [0.2, 0.25) is 11.6 Å². The number of nitrogens with two attached hydrogens (primary N) is 1. The monoisotopic (exact) mass is 789 g/mol. The molecule has 17 heteroatoms. The molecule has 4 rings (SSSR count). The molecule has 0 unspecified atom stereocenters. The van der Waals surface area contributed by atoms with E-state index < -0.39 is 95.1 Å². The van der Waals surface area contributed by atoms with Crippen molar-refractivity contribution >= 4 is 23.4 Å². The van der Waals surface area contributed by atoms with Crippen molar-refractivity contribution in [2.24, 2.45) is 5.73 Å². The average molecular weight is 790 g/mol. The highest BCUT2D eigenvalue weighted by molar-refractivity contribution is 5.98. The summed E-state index contributed by atoms with van der Waals surface area (Å²) in [6.45, 7) is 0.965. The van der Waals surface area contributed by atoms with Crippen LogP contribution in [0.25, 0.3) is 0 Å². The number of unbranched alkanes of at least 4 members (excludes halogenated alkanes) is 3. The Hall–Kier alpha value is -5.84. The third-order valence-corrected chi connectivity index (χ3v) is 8.04. The number of hydrogen-bond acceptors (Lipinski definition) is 9. The maximum absolute atomic E-state index is 13.7. The molecular formula is C39H41F6N5O6. The van der Waals surface area contributed by atoms with Crippen molar-refractivity contribution in [2.45, 2.75) is 64.0 Å². The quantitative estimate of drug-likeness (QED) is 0.0538. The van der Waals surface area contributed by atoms with Crippen LogP contribution >= 0.6 is 0 Å². The van der Waals surface area contributed by atoms with Gasteiger partial charge in [-0.2, -0.15) is 8.78 Å². The Kier molecular flexibility index (Phi) is 18.4. The predicted molar refractivity (Wildman–Crippen MR) is 192 cm³/mol. The normalized spacial score (nSPS) is 11.7. The van der Waals surface area contributed by atoms with Crippen molar-refractivity contribution in [1.29, 1.82) is 0 Å². The fourth-order valence-electron chi connectivity index (χ4n) is 4.98. The van der Waals surface area contributed by atoms with Crippen molar-refractivity contribution in [3.05, 3.63) is 119 Å². The zero-order valence-electron chi connectivity index (χ0n) is 30.3. The predicted octanol–water partition coefficient (Wildman–Crippen LogP) is 6.20. The first kappa shape index (κ1) is 44.6. The Bertz CT molecular complexity index is 1770. The topological polar surface area (TPSA) is 163 Å². The van der Waals surface area contributed by atoms with Gasteiger partial charge in [0, 0.05) is 35.9 Å². The lowest BCUT2D eigenvalue weighted by Crippen LogP contribution is -2.43. The van der Waals surface area contributed by atoms with Gasteiger partial charge in [0.05, 0.1) is 12.1 Å². The first-order valence-corrected chi connectivity index (χ1v) is 17.6. The van der Waals surface area contributed by atoms with E-state index >= 15 is 0 Å². The van der Waals surface area contributed by atoms with Crippen LogP contribution in [0, 0.1) is 34.9 Å². The highest BCUT2D eigenvalue weighted by Crippen LogP contribution is 2.25.